The van der Waals surface area contributed by atoms with E-state index in [-0.39, 0.29) is 6.79 Å². The topological polar surface area (TPSA) is 35.5 Å². The molecular weight excluding hydrogens is 380 g/mol. The number of rotatable bonds is 15. The molecule has 0 N–H and O–H groups in total. The van der Waals surface area contributed by atoms with Gasteiger partial charge in [0, 0.05) is 10.6 Å². The SMILES string of the molecule is CC(C)=CCCC(C)=CCCC(C)=CCSc1ccccc1CCOCOC=O. The first kappa shape index (κ1) is 25.3. The molecule has 3 nitrogen and oxygen atoms in total. The fourth-order valence-corrected chi connectivity index (χ4v) is 3.86. The van der Waals surface area contributed by atoms with Crippen molar-refractivity contribution in [2.75, 3.05) is 19.2 Å². The molecule has 0 spiro atoms. The first-order valence-electron chi connectivity index (χ1n) is 10.3. The van der Waals surface area contributed by atoms with Crippen molar-refractivity contribution in [2.45, 2.75) is 64.7 Å². The Morgan fingerprint density at radius 2 is 1.66 bits per heavy atom. The van der Waals surface area contributed by atoms with Crippen molar-refractivity contribution in [1.82, 2.24) is 0 Å². The van der Waals surface area contributed by atoms with Crippen molar-refractivity contribution in [2.24, 2.45) is 0 Å². The molecule has 160 valence electrons. The molecule has 0 saturated heterocycles. The van der Waals surface area contributed by atoms with Crippen molar-refractivity contribution < 1.29 is 14.3 Å². The Kier molecular flexibility index (Phi) is 14.0. The fraction of sp³-hybridized carbons (Fsp3) is 0.480. The van der Waals surface area contributed by atoms with Gasteiger partial charge in [-0.15, -0.1) is 11.8 Å². The predicted octanol–water partition coefficient (Wildman–Crippen LogP) is 6.89. The van der Waals surface area contributed by atoms with Crippen LogP contribution in [0.3, 0.4) is 0 Å². The number of hydrogen-bond acceptors (Lipinski definition) is 4. The highest BCUT2D eigenvalue weighted by molar-refractivity contribution is 7.99. The zero-order valence-corrected chi connectivity index (χ0v) is 19.2. The van der Waals surface area contributed by atoms with E-state index < -0.39 is 0 Å². The largest absolute Gasteiger partial charge is 0.441 e. The minimum absolute atomic E-state index is 0.0175. The maximum atomic E-state index is 10.1. The summed E-state index contributed by atoms with van der Waals surface area (Å²) in [6.45, 7) is 9.73. The van der Waals surface area contributed by atoms with Crippen LogP contribution < -0.4 is 0 Å². The second kappa shape index (κ2) is 16.1. The second-order valence-electron chi connectivity index (χ2n) is 7.42. The highest BCUT2D eigenvalue weighted by atomic mass is 32.2. The molecule has 0 aliphatic heterocycles. The summed E-state index contributed by atoms with van der Waals surface area (Å²) in [5, 5.41) is 0. The minimum atomic E-state index is 0.0175. The van der Waals surface area contributed by atoms with E-state index in [1.165, 1.54) is 27.2 Å². The number of allylic oxidation sites excluding steroid dienone is 5. The molecule has 29 heavy (non-hydrogen) atoms. The molecule has 4 heteroatoms. The lowest BCUT2D eigenvalue weighted by Crippen LogP contribution is -2.03. The number of ether oxygens (including phenoxy) is 2. The zero-order valence-electron chi connectivity index (χ0n) is 18.4. The van der Waals surface area contributed by atoms with Gasteiger partial charge in [0.2, 0.25) is 0 Å². The summed E-state index contributed by atoms with van der Waals surface area (Å²) in [5.74, 6) is 0.973. The molecule has 0 heterocycles. The molecule has 0 aromatic heterocycles. The summed E-state index contributed by atoms with van der Waals surface area (Å²) >= 11 is 1.86. The van der Waals surface area contributed by atoms with E-state index in [4.69, 9.17) is 4.74 Å². The van der Waals surface area contributed by atoms with Crippen molar-refractivity contribution in [3.05, 3.63) is 64.8 Å². The Balaban J connectivity index is 2.36. The Morgan fingerprint density at radius 1 is 0.966 bits per heavy atom. The lowest BCUT2D eigenvalue weighted by Gasteiger charge is -2.09. The zero-order chi connectivity index (χ0) is 21.3. The van der Waals surface area contributed by atoms with Crippen LogP contribution >= 0.6 is 11.8 Å². The van der Waals surface area contributed by atoms with Crippen LogP contribution in [-0.2, 0) is 20.7 Å². The minimum Gasteiger partial charge on any atom is -0.441 e. The first-order chi connectivity index (χ1) is 14.0. The van der Waals surface area contributed by atoms with Gasteiger partial charge in [0.15, 0.2) is 6.79 Å². The average Bonchev–Trinajstić information content (AvgIpc) is 2.68. The highest BCUT2D eigenvalue weighted by Gasteiger charge is 2.02. The molecular formula is C25H36O3S. The third-order valence-corrected chi connectivity index (χ3v) is 5.54. The molecule has 0 fully saturated rings. The summed E-state index contributed by atoms with van der Waals surface area (Å²) in [5.41, 5.74) is 5.59. The average molecular weight is 417 g/mol. The smallest absolute Gasteiger partial charge is 0.295 e. The van der Waals surface area contributed by atoms with E-state index >= 15 is 0 Å². The third-order valence-electron chi connectivity index (χ3n) is 4.50. The summed E-state index contributed by atoms with van der Waals surface area (Å²) < 4.78 is 9.84. The quantitative estimate of drug-likeness (QED) is 0.103. The molecule has 0 aliphatic rings. The standard InChI is InChI=1S/C25H36O3S/c1-21(2)9-7-10-22(3)11-8-12-23(4)16-18-29-25-14-6-5-13-24(25)15-17-27-20-28-19-26/h5-6,9,11,13-14,16,19H,7-8,10,12,15,17-18,20H2,1-4H3. The Hall–Kier alpha value is -1.78. The monoisotopic (exact) mass is 416 g/mol. The number of hydrogen-bond donors (Lipinski definition) is 0. The van der Waals surface area contributed by atoms with Gasteiger partial charge in [-0.25, -0.2) is 0 Å². The van der Waals surface area contributed by atoms with Crippen molar-refractivity contribution in [1.29, 1.82) is 0 Å². The summed E-state index contributed by atoms with van der Waals surface area (Å²) in [6.07, 6.45) is 12.4. The Labute approximate surface area is 181 Å². The predicted molar refractivity (Wildman–Crippen MR) is 124 cm³/mol. The van der Waals surface area contributed by atoms with E-state index in [2.05, 4.69) is 74.9 Å². The second-order valence-corrected chi connectivity index (χ2v) is 8.48. The van der Waals surface area contributed by atoms with Crippen LogP contribution in [0.25, 0.3) is 0 Å². The molecule has 0 saturated carbocycles. The van der Waals surface area contributed by atoms with Gasteiger partial charge >= 0.3 is 0 Å². The van der Waals surface area contributed by atoms with Gasteiger partial charge in [0.25, 0.3) is 6.47 Å². The van der Waals surface area contributed by atoms with Gasteiger partial charge in [-0.2, -0.15) is 0 Å². The molecule has 0 bridgehead atoms. The molecule has 0 unspecified atom stereocenters. The Morgan fingerprint density at radius 3 is 2.38 bits per heavy atom. The van der Waals surface area contributed by atoms with Gasteiger partial charge in [-0.3, -0.25) is 4.79 Å². The number of thioether (sulfide) groups is 1. The van der Waals surface area contributed by atoms with Gasteiger partial charge in [0.05, 0.1) is 6.61 Å². The van der Waals surface area contributed by atoms with Gasteiger partial charge < -0.3 is 9.47 Å². The summed E-state index contributed by atoms with van der Waals surface area (Å²) in [4.78, 5) is 11.4. The maximum Gasteiger partial charge on any atom is 0.295 e. The maximum absolute atomic E-state index is 10.1. The number of carbonyl (C=O) groups excluding carboxylic acids is 1. The fourth-order valence-electron chi connectivity index (χ4n) is 2.78. The third kappa shape index (κ3) is 13.1. The number of carbonyl (C=O) groups is 1. The molecule has 0 radical (unpaired) electrons. The normalized spacial score (nSPS) is 12.0. The van der Waals surface area contributed by atoms with Crippen LogP contribution in [0, 0.1) is 0 Å². The van der Waals surface area contributed by atoms with Crippen molar-refractivity contribution in [3.63, 3.8) is 0 Å². The van der Waals surface area contributed by atoms with Gasteiger partial charge in [-0.1, -0.05) is 53.1 Å². The van der Waals surface area contributed by atoms with Crippen LogP contribution in [0.5, 0.6) is 0 Å². The van der Waals surface area contributed by atoms with Crippen molar-refractivity contribution >= 4 is 18.2 Å². The van der Waals surface area contributed by atoms with E-state index in [0.29, 0.717) is 13.1 Å². The molecule has 0 atom stereocenters. The summed E-state index contributed by atoms with van der Waals surface area (Å²) in [6, 6.07) is 8.41. The number of benzene rings is 1. The molecule has 1 rings (SSSR count). The van der Waals surface area contributed by atoms with E-state index in [1.807, 2.05) is 11.8 Å². The molecule has 0 amide bonds. The van der Waals surface area contributed by atoms with Crippen LogP contribution in [-0.4, -0.2) is 25.6 Å². The highest BCUT2D eigenvalue weighted by Crippen LogP contribution is 2.24. The Bertz CT molecular complexity index is 685. The van der Waals surface area contributed by atoms with Crippen LogP contribution in [0.15, 0.2) is 64.1 Å². The summed E-state index contributed by atoms with van der Waals surface area (Å²) in [7, 11) is 0. The van der Waals surface area contributed by atoms with E-state index in [0.717, 1.165) is 37.9 Å². The molecule has 1 aromatic rings. The molecule has 1 aromatic carbocycles. The lowest BCUT2D eigenvalue weighted by molar-refractivity contribution is -0.140. The van der Waals surface area contributed by atoms with Gasteiger partial charge in [-0.05, 0) is 71.4 Å². The molecule has 0 aliphatic carbocycles. The van der Waals surface area contributed by atoms with Gasteiger partial charge in [0.1, 0.15) is 0 Å². The van der Waals surface area contributed by atoms with Crippen LogP contribution in [0.1, 0.15) is 58.9 Å². The first-order valence-corrected chi connectivity index (χ1v) is 11.3. The van der Waals surface area contributed by atoms with Crippen LogP contribution in [0.2, 0.25) is 0 Å². The van der Waals surface area contributed by atoms with E-state index in [1.54, 1.807) is 0 Å². The van der Waals surface area contributed by atoms with Crippen LogP contribution in [0.4, 0.5) is 0 Å². The lowest BCUT2D eigenvalue weighted by atomic mass is 10.1. The van der Waals surface area contributed by atoms with E-state index in [9.17, 15) is 4.79 Å². The van der Waals surface area contributed by atoms with Crippen molar-refractivity contribution in [3.8, 4) is 0 Å².